The van der Waals surface area contributed by atoms with Crippen LogP contribution in [0.25, 0.3) is 0 Å². The minimum absolute atomic E-state index is 0.0867. The van der Waals surface area contributed by atoms with Crippen molar-refractivity contribution in [3.05, 3.63) is 24.3 Å². The lowest BCUT2D eigenvalue weighted by atomic mass is 10.1. The van der Waals surface area contributed by atoms with Crippen LogP contribution in [0.15, 0.2) is 24.3 Å². The van der Waals surface area contributed by atoms with Crippen LogP contribution >= 0.6 is 0 Å². The number of hydrogen-bond acceptors (Lipinski definition) is 2. The summed E-state index contributed by atoms with van der Waals surface area (Å²) in [5, 5.41) is 0. The molecule has 2 heteroatoms. The zero-order valence-corrected chi connectivity index (χ0v) is 14.1. The highest BCUT2D eigenvalue weighted by molar-refractivity contribution is 5.68. The van der Waals surface area contributed by atoms with Gasteiger partial charge in [0.1, 0.15) is 0 Å². The second kappa shape index (κ2) is 17.0. The molecule has 0 saturated carbocycles. The van der Waals surface area contributed by atoms with Crippen LogP contribution in [0.3, 0.4) is 0 Å². The first-order valence-electron chi connectivity index (χ1n) is 8.68. The van der Waals surface area contributed by atoms with Crippen LogP contribution in [0.1, 0.15) is 84.0 Å². The molecule has 0 fully saturated rings. The molecule has 21 heavy (non-hydrogen) atoms. The topological polar surface area (TPSA) is 26.3 Å². The third kappa shape index (κ3) is 16.9. The number of esters is 1. The smallest absolute Gasteiger partial charge is 0.305 e. The first kappa shape index (κ1) is 19.9. The SMILES string of the molecule is CCCCCCC=CCC=CCCCCCCC(=O)OC. The van der Waals surface area contributed by atoms with Crippen LogP contribution in [0.5, 0.6) is 0 Å². The number of carbonyl (C=O) groups is 1. The summed E-state index contributed by atoms with van der Waals surface area (Å²) < 4.78 is 4.61. The average Bonchev–Trinajstić information content (AvgIpc) is 2.50. The van der Waals surface area contributed by atoms with E-state index in [1.807, 2.05) is 0 Å². The van der Waals surface area contributed by atoms with E-state index in [0.29, 0.717) is 6.42 Å². The Morgan fingerprint density at radius 3 is 1.95 bits per heavy atom. The quantitative estimate of drug-likeness (QED) is 0.224. The summed E-state index contributed by atoms with van der Waals surface area (Å²) in [5.74, 6) is -0.0867. The highest BCUT2D eigenvalue weighted by Gasteiger charge is 1.98. The van der Waals surface area contributed by atoms with Crippen molar-refractivity contribution in [2.75, 3.05) is 7.11 Å². The van der Waals surface area contributed by atoms with Crippen molar-refractivity contribution in [3.63, 3.8) is 0 Å². The minimum Gasteiger partial charge on any atom is -0.469 e. The van der Waals surface area contributed by atoms with E-state index in [-0.39, 0.29) is 5.97 Å². The third-order valence-electron chi connectivity index (χ3n) is 3.56. The first-order chi connectivity index (χ1) is 10.3. The summed E-state index contributed by atoms with van der Waals surface area (Å²) in [5.41, 5.74) is 0. The van der Waals surface area contributed by atoms with Gasteiger partial charge in [0.25, 0.3) is 0 Å². The summed E-state index contributed by atoms with van der Waals surface area (Å²) in [7, 11) is 1.45. The van der Waals surface area contributed by atoms with Gasteiger partial charge in [-0.25, -0.2) is 0 Å². The summed E-state index contributed by atoms with van der Waals surface area (Å²) in [6, 6.07) is 0. The van der Waals surface area contributed by atoms with E-state index in [9.17, 15) is 4.79 Å². The van der Waals surface area contributed by atoms with Crippen molar-refractivity contribution in [2.45, 2.75) is 84.0 Å². The standard InChI is InChI=1S/C19H34O2/c1-3-4-5-6-7-8-9-10-11-12-13-14-15-16-17-18-19(20)21-2/h8-9,11-12H,3-7,10,13-18H2,1-2H3. The van der Waals surface area contributed by atoms with Gasteiger partial charge in [-0.1, -0.05) is 63.3 Å². The Bertz CT molecular complexity index is 279. The van der Waals surface area contributed by atoms with Crippen molar-refractivity contribution in [1.29, 1.82) is 0 Å². The minimum atomic E-state index is -0.0867. The predicted octanol–water partition coefficient (Wildman–Crippen LogP) is 5.97. The van der Waals surface area contributed by atoms with E-state index < -0.39 is 0 Å². The Morgan fingerprint density at radius 2 is 1.38 bits per heavy atom. The number of unbranched alkanes of at least 4 members (excludes halogenated alkanes) is 8. The third-order valence-corrected chi connectivity index (χ3v) is 3.56. The van der Waals surface area contributed by atoms with Gasteiger partial charge in [-0.3, -0.25) is 4.79 Å². The molecule has 0 heterocycles. The monoisotopic (exact) mass is 294 g/mol. The molecule has 0 N–H and O–H groups in total. The molecule has 0 aromatic rings. The summed E-state index contributed by atoms with van der Waals surface area (Å²) in [6.45, 7) is 2.25. The van der Waals surface area contributed by atoms with Crippen LogP contribution in [0.2, 0.25) is 0 Å². The maximum Gasteiger partial charge on any atom is 0.305 e. The lowest BCUT2D eigenvalue weighted by Crippen LogP contribution is -1.98. The molecule has 122 valence electrons. The Balaban J connectivity index is 3.22. The summed E-state index contributed by atoms with van der Waals surface area (Å²) in [4.78, 5) is 10.9. The Morgan fingerprint density at radius 1 is 0.810 bits per heavy atom. The van der Waals surface area contributed by atoms with Crippen molar-refractivity contribution in [3.8, 4) is 0 Å². The Labute approximate surface area is 131 Å². The number of rotatable bonds is 14. The number of allylic oxidation sites excluding steroid dienone is 4. The molecule has 0 aliphatic carbocycles. The van der Waals surface area contributed by atoms with E-state index in [1.165, 1.54) is 52.1 Å². The summed E-state index contributed by atoms with van der Waals surface area (Å²) >= 11 is 0. The number of carbonyl (C=O) groups excluding carboxylic acids is 1. The lowest BCUT2D eigenvalue weighted by Gasteiger charge is -1.99. The fourth-order valence-corrected chi connectivity index (χ4v) is 2.18. The molecule has 0 bridgehead atoms. The zero-order chi connectivity index (χ0) is 15.6. The van der Waals surface area contributed by atoms with Crippen molar-refractivity contribution >= 4 is 5.97 Å². The van der Waals surface area contributed by atoms with Gasteiger partial charge in [-0.05, 0) is 38.5 Å². The summed E-state index contributed by atoms with van der Waals surface area (Å²) in [6.07, 6.45) is 23.0. The molecular formula is C19H34O2. The first-order valence-corrected chi connectivity index (χ1v) is 8.68. The van der Waals surface area contributed by atoms with E-state index >= 15 is 0 Å². The van der Waals surface area contributed by atoms with Crippen LogP contribution in [0.4, 0.5) is 0 Å². The highest BCUT2D eigenvalue weighted by Crippen LogP contribution is 2.07. The van der Waals surface area contributed by atoms with Gasteiger partial charge in [-0.2, -0.15) is 0 Å². The molecule has 0 aromatic carbocycles. The normalized spacial score (nSPS) is 11.5. The number of ether oxygens (including phenoxy) is 1. The fourth-order valence-electron chi connectivity index (χ4n) is 2.18. The van der Waals surface area contributed by atoms with E-state index in [0.717, 1.165) is 25.7 Å². The van der Waals surface area contributed by atoms with Gasteiger partial charge < -0.3 is 4.74 Å². The van der Waals surface area contributed by atoms with E-state index in [2.05, 4.69) is 36.0 Å². The molecular weight excluding hydrogens is 260 g/mol. The van der Waals surface area contributed by atoms with Gasteiger partial charge in [-0.15, -0.1) is 0 Å². The molecule has 2 nitrogen and oxygen atoms in total. The van der Waals surface area contributed by atoms with Gasteiger partial charge in [0, 0.05) is 6.42 Å². The van der Waals surface area contributed by atoms with Crippen molar-refractivity contribution < 1.29 is 9.53 Å². The van der Waals surface area contributed by atoms with Crippen molar-refractivity contribution in [2.24, 2.45) is 0 Å². The van der Waals surface area contributed by atoms with Gasteiger partial charge >= 0.3 is 5.97 Å². The predicted molar refractivity (Wildman–Crippen MR) is 91.4 cm³/mol. The molecule has 0 rings (SSSR count). The molecule has 0 saturated heterocycles. The van der Waals surface area contributed by atoms with Crippen LogP contribution in [-0.4, -0.2) is 13.1 Å². The van der Waals surface area contributed by atoms with Crippen LogP contribution in [0, 0.1) is 0 Å². The zero-order valence-electron chi connectivity index (χ0n) is 14.1. The Hall–Kier alpha value is -1.05. The maximum absolute atomic E-state index is 10.9. The highest BCUT2D eigenvalue weighted by atomic mass is 16.5. The van der Waals surface area contributed by atoms with Crippen molar-refractivity contribution in [1.82, 2.24) is 0 Å². The van der Waals surface area contributed by atoms with Gasteiger partial charge in [0.05, 0.1) is 7.11 Å². The maximum atomic E-state index is 10.9. The molecule has 0 radical (unpaired) electrons. The molecule has 0 aliphatic heterocycles. The lowest BCUT2D eigenvalue weighted by molar-refractivity contribution is -0.140. The number of hydrogen-bond donors (Lipinski definition) is 0. The molecule has 0 unspecified atom stereocenters. The number of methoxy groups -OCH3 is 1. The second-order valence-electron chi connectivity index (χ2n) is 5.56. The van der Waals surface area contributed by atoms with Crippen LogP contribution < -0.4 is 0 Å². The molecule has 0 aliphatic rings. The largest absolute Gasteiger partial charge is 0.469 e. The van der Waals surface area contributed by atoms with Gasteiger partial charge in [0.2, 0.25) is 0 Å². The fraction of sp³-hybridized carbons (Fsp3) is 0.737. The van der Waals surface area contributed by atoms with E-state index in [4.69, 9.17) is 0 Å². The molecule has 0 spiro atoms. The molecule has 0 aromatic heterocycles. The van der Waals surface area contributed by atoms with Gasteiger partial charge in [0.15, 0.2) is 0 Å². The van der Waals surface area contributed by atoms with E-state index in [1.54, 1.807) is 0 Å². The molecule has 0 atom stereocenters. The second-order valence-corrected chi connectivity index (χ2v) is 5.56. The average molecular weight is 294 g/mol. The van der Waals surface area contributed by atoms with Crippen LogP contribution in [-0.2, 0) is 9.53 Å². The Kier molecular flexibility index (Phi) is 16.2. The molecule has 0 amide bonds.